The number of carbonyl (C=O) groups is 2. The van der Waals surface area contributed by atoms with Crippen molar-refractivity contribution in [1.29, 1.82) is 0 Å². The lowest BCUT2D eigenvalue weighted by molar-refractivity contribution is -0.113. The molecular weight excluding hydrogens is 478 g/mol. The maximum atomic E-state index is 13.3. The van der Waals surface area contributed by atoms with Gasteiger partial charge in [-0.15, -0.1) is 29.3 Å². The Kier molecular flexibility index (Phi) is 7.07. The van der Waals surface area contributed by atoms with Crippen LogP contribution in [0.3, 0.4) is 0 Å². The minimum atomic E-state index is -0.482. The predicted molar refractivity (Wildman–Crippen MR) is 135 cm³/mol. The van der Waals surface area contributed by atoms with Crippen LogP contribution in [0.25, 0.3) is 20.7 Å². The van der Waals surface area contributed by atoms with Crippen molar-refractivity contribution in [3.05, 3.63) is 75.7 Å². The van der Waals surface area contributed by atoms with Crippen molar-refractivity contribution in [2.24, 2.45) is 0 Å². The quantitative estimate of drug-likeness (QED) is 0.161. The van der Waals surface area contributed by atoms with Crippen LogP contribution >= 0.6 is 34.4 Å². The molecule has 168 valence electrons. The third-order valence-corrected chi connectivity index (χ3v) is 7.41. The number of thioether (sulfide) groups is 1. The van der Waals surface area contributed by atoms with Gasteiger partial charge in [0, 0.05) is 28.1 Å². The molecule has 0 aliphatic heterocycles. The number of rotatable bonds is 8. The number of benzene rings is 1. The molecule has 0 aliphatic rings. The van der Waals surface area contributed by atoms with Crippen LogP contribution in [-0.2, 0) is 16.1 Å². The lowest BCUT2D eigenvalue weighted by atomic mass is 10.2. The van der Waals surface area contributed by atoms with Crippen LogP contribution in [0, 0.1) is 0 Å². The van der Waals surface area contributed by atoms with Crippen LogP contribution in [0.5, 0.6) is 0 Å². The molecule has 3 heterocycles. The molecule has 1 N–H and O–H groups in total. The number of nitrogens with zero attached hydrogens (tertiary/aromatic N) is 2. The fourth-order valence-electron chi connectivity index (χ4n) is 3.19. The zero-order valence-electron chi connectivity index (χ0n) is 17.6. The number of amides is 1. The van der Waals surface area contributed by atoms with E-state index in [4.69, 9.17) is 4.74 Å². The van der Waals surface area contributed by atoms with Gasteiger partial charge in [0.1, 0.15) is 4.83 Å². The normalized spacial score (nSPS) is 10.8. The molecule has 0 aliphatic carbocycles. The molecule has 3 aromatic heterocycles. The number of fused-ring (bicyclic) bond motifs is 1. The van der Waals surface area contributed by atoms with Crippen molar-refractivity contribution < 1.29 is 14.3 Å². The van der Waals surface area contributed by atoms with Crippen LogP contribution < -0.4 is 10.9 Å². The van der Waals surface area contributed by atoms with Gasteiger partial charge in [0.15, 0.2) is 5.16 Å². The second-order valence-corrected chi connectivity index (χ2v) is 9.56. The Morgan fingerprint density at radius 2 is 2.12 bits per heavy atom. The van der Waals surface area contributed by atoms with Crippen LogP contribution in [0.1, 0.15) is 10.4 Å². The molecule has 0 fully saturated rings. The first-order valence-electron chi connectivity index (χ1n) is 9.79. The van der Waals surface area contributed by atoms with Crippen LogP contribution in [0.15, 0.2) is 69.8 Å². The minimum absolute atomic E-state index is 0.0424. The first-order chi connectivity index (χ1) is 16.0. The molecule has 0 saturated carbocycles. The maximum Gasteiger partial charge on any atom is 0.337 e. The van der Waals surface area contributed by atoms with Crippen LogP contribution in [-0.4, -0.2) is 34.3 Å². The van der Waals surface area contributed by atoms with Gasteiger partial charge in [-0.25, -0.2) is 9.78 Å². The molecule has 0 unspecified atom stereocenters. The SMILES string of the molecule is C=CCn1c(SCC(=O)Nc2cccc(C(=O)OC)c2)nc2scc(-c3cccs3)c2c1=O. The number of hydrogen-bond donors (Lipinski definition) is 1. The first-order valence-corrected chi connectivity index (χ1v) is 12.5. The summed E-state index contributed by atoms with van der Waals surface area (Å²) in [6.45, 7) is 4.03. The highest BCUT2D eigenvalue weighted by atomic mass is 32.2. The van der Waals surface area contributed by atoms with Gasteiger partial charge in [0.2, 0.25) is 5.91 Å². The zero-order chi connectivity index (χ0) is 23.4. The van der Waals surface area contributed by atoms with E-state index in [2.05, 4.69) is 16.9 Å². The van der Waals surface area contributed by atoms with Gasteiger partial charge >= 0.3 is 5.97 Å². The Labute approximate surface area is 201 Å². The van der Waals surface area contributed by atoms with Gasteiger partial charge in [-0.1, -0.05) is 30.0 Å². The van der Waals surface area contributed by atoms with Crippen molar-refractivity contribution in [1.82, 2.24) is 9.55 Å². The van der Waals surface area contributed by atoms with E-state index in [1.54, 1.807) is 41.7 Å². The summed E-state index contributed by atoms with van der Waals surface area (Å²) >= 11 is 4.15. The molecular formula is C23H19N3O4S3. The van der Waals surface area contributed by atoms with E-state index in [1.165, 1.54) is 34.8 Å². The van der Waals surface area contributed by atoms with E-state index in [0.717, 1.165) is 10.4 Å². The van der Waals surface area contributed by atoms with E-state index < -0.39 is 5.97 Å². The van der Waals surface area contributed by atoms with Gasteiger partial charge in [0.05, 0.1) is 23.8 Å². The third kappa shape index (κ3) is 4.92. The number of thiophene rings is 2. The van der Waals surface area contributed by atoms with E-state index in [0.29, 0.717) is 26.6 Å². The molecule has 4 rings (SSSR count). The van der Waals surface area contributed by atoms with Gasteiger partial charge in [0.25, 0.3) is 5.56 Å². The molecule has 0 spiro atoms. The molecule has 33 heavy (non-hydrogen) atoms. The summed E-state index contributed by atoms with van der Waals surface area (Å²) in [7, 11) is 1.30. The van der Waals surface area contributed by atoms with Gasteiger partial charge in [-0.05, 0) is 29.6 Å². The average molecular weight is 498 g/mol. The van der Waals surface area contributed by atoms with Gasteiger partial charge in [-0.2, -0.15) is 0 Å². The van der Waals surface area contributed by atoms with Crippen LogP contribution in [0.4, 0.5) is 5.69 Å². The fraction of sp³-hybridized carbons (Fsp3) is 0.130. The first kappa shape index (κ1) is 23.0. The van der Waals surface area contributed by atoms with Crippen molar-refractivity contribution in [3.63, 3.8) is 0 Å². The summed E-state index contributed by atoms with van der Waals surface area (Å²) in [5.41, 5.74) is 1.54. The largest absolute Gasteiger partial charge is 0.465 e. The number of nitrogens with one attached hydrogen (secondary N) is 1. The number of ether oxygens (including phenoxy) is 1. The molecule has 4 aromatic rings. The number of anilines is 1. The number of allylic oxidation sites excluding steroid dienone is 1. The van der Waals surface area contributed by atoms with E-state index in [9.17, 15) is 14.4 Å². The highest BCUT2D eigenvalue weighted by Gasteiger charge is 2.18. The molecule has 0 saturated heterocycles. The van der Waals surface area contributed by atoms with Crippen LogP contribution in [0.2, 0.25) is 0 Å². The van der Waals surface area contributed by atoms with Gasteiger partial charge < -0.3 is 10.1 Å². The highest BCUT2D eigenvalue weighted by Crippen LogP contribution is 2.34. The number of aromatic nitrogens is 2. The molecule has 0 atom stereocenters. The predicted octanol–water partition coefficient (Wildman–Crippen LogP) is 4.89. The number of carbonyl (C=O) groups excluding carboxylic acids is 2. The Bertz CT molecular complexity index is 1390. The van der Waals surface area contributed by atoms with Crippen molar-refractivity contribution in [2.75, 3.05) is 18.2 Å². The lowest BCUT2D eigenvalue weighted by Gasteiger charge is -2.11. The highest BCUT2D eigenvalue weighted by molar-refractivity contribution is 7.99. The maximum absolute atomic E-state index is 13.3. The van der Waals surface area contributed by atoms with E-state index >= 15 is 0 Å². The number of methoxy groups -OCH3 is 1. The average Bonchev–Trinajstić information content (AvgIpc) is 3.49. The summed E-state index contributed by atoms with van der Waals surface area (Å²) in [5, 5.41) is 7.70. The van der Waals surface area contributed by atoms with Crippen molar-refractivity contribution >= 4 is 62.2 Å². The Hall–Kier alpha value is -3.21. The van der Waals surface area contributed by atoms with Crippen molar-refractivity contribution in [2.45, 2.75) is 11.7 Å². The number of esters is 1. The summed E-state index contributed by atoms with van der Waals surface area (Å²) in [4.78, 5) is 43.9. The third-order valence-electron chi connectivity index (χ3n) is 4.66. The smallest absolute Gasteiger partial charge is 0.337 e. The van der Waals surface area contributed by atoms with Crippen molar-refractivity contribution in [3.8, 4) is 10.4 Å². The molecule has 10 heteroatoms. The zero-order valence-corrected chi connectivity index (χ0v) is 20.0. The molecule has 0 radical (unpaired) electrons. The van der Waals surface area contributed by atoms with Gasteiger partial charge in [-0.3, -0.25) is 14.2 Å². The minimum Gasteiger partial charge on any atom is -0.465 e. The second kappa shape index (κ2) is 10.2. The lowest BCUT2D eigenvalue weighted by Crippen LogP contribution is -2.23. The standard InChI is InChI=1S/C23H19N3O4S3/c1-3-9-26-21(28)19-16(17-8-5-10-31-17)12-32-20(19)25-23(26)33-13-18(27)24-15-7-4-6-14(11-15)22(29)30-2/h3-8,10-12H,1,9,13H2,2H3,(H,24,27). The van der Waals surface area contributed by atoms with E-state index in [-0.39, 0.29) is 23.8 Å². The Balaban J connectivity index is 1.57. The summed E-state index contributed by atoms with van der Waals surface area (Å²) in [6.07, 6.45) is 1.63. The fourth-order valence-corrected chi connectivity index (χ4v) is 5.80. The molecule has 1 aromatic carbocycles. The molecule has 7 nitrogen and oxygen atoms in total. The number of hydrogen-bond acceptors (Lipinski definition) is 8. The molecule has 0 bridgehead atoms. The summed E-state index contributed by atoms with van der Waals surface area (Å²) < 4.78 is 6.24. The summed E-state index contributed by atoms with van der Waals surface area (Å²) in [6, 6.07) is 10.4. The van der Waals surface area contributed by atoms with E-state index in [1.807, 2.05) is 22.9 Å². The summed E-state index contributed by atoms with van der Waals surface area (Å²) in [5.74, 6) is -0.725. The monoisotopic (exact) mass is 497 g/mol. The second-order valence-electron chi connectivity index (χ2n) is 6.81. The topological polar surface area (TPSA) is 90.3 Å². The Morgan fingerprint density at radius 3 is 2.85 bits per heavy atom. The Morgan fingerprint density at radius 1 is 1.27 bits per heavy atom. The molecule has 1 amide bonds.